The number of hydrogen-bond acceptors (Lipinski definition) is 11. The molecule has 0 radical (unpaired) electrons. The molecule has 5 aliphatic carbocycles. The molecule has 7 rings (SSSR count). The summed E-state index contributed by atoms with van der Waals surface area (Å²) in [5.41, 5.74) is -3.92. The van der Waals surface area contributed by atoms with Gasteiger partial charge >= 0.3 is 11.9 Å². The minimum absolute atomic E-state index is 0.101. The molecule has 248 valence electrons. The number of hydrogen-bond donors (Lipinski definition) is 2. The van der Waals surface area contributed by atoms with Gasteiger partial charge in [0, 0.05) is 76.5 Å². The zero-order chi connectivity index (χ0) is 32.1. The van der Waals surface area contributed by atoms with E-state index in [9.17, 15) is 19.8 Å². The highest BCUT2D eigenvalue weighted by molar-refractivity contribution is 5.89. The van der Waals surface area contributed by atoms with E-state index in [1.54, 1.807) is 45.6 Å². The Kier molecular flexibility index (Phi) is 7.48. The number of nitrogens with zero attached hydrogens (tertiary/aromatic N) is 1. The summed E-state index contributed by atoms with van der Waals surface area (Å²) in [6.45, 7) is 5.44. The van der Waals surface area contributed by atoms with Gasteiger partial charge in [0.1, 0.15) is 23.9 Å². The van der Waals surface area contributed by atoms with Crippen LogP contribution < -0.4 is 0 Å². The monoisotopic (exact) mass is 629 g/mol. The van der Waals surface area contributed by atoms with Gasteiger partial charge in [-0.05, 0) is 43.9 Å². The van der Waals surface area contributed by atoms with Gasteiger partial charge in [-0.1, -0.05) is 25.1 Å². The molecule has 1 aromatic carbocycles. The third-order valence-corrected chi connectivity index (χ3v) is 13.0. The number of esters is 2. The van der Waals surface area contributed by atoms with Crippen LogP contribution in [0.4, 0.5) is 0 Å². The minimum atomic E-state index is -1.76. The van der Waals surface area contributed by atoms with Crippen molar-refractivity contribution in [2.75, 3.05) is 48.1 Å². The van der Waals surface area contributed by atoms with Crippen LogP contribution in [0, 0.1) is 34.5 Å². The van der Waals surface area contributed by atoms with E-state index in [-0.39, 0.29) is 35.8 Å². The fraction of sp³-hybridized carbons (Fsp3) is 0.765. The zero-order valence-corrected chi connectivity index (χ0v) is 27.0. The van der Waals surface area contributed by atoms with Crippen LogP contribution in [-0.4, -0.2) is 123 Å². The van der Waals surface area contributed by atoms with E-state index in [0.29, 0.717) is 18.7 Å². The maximum atomic E-state index is 13.7. The summed E-state index contributed by atoms with van der Waals surface area (Å²) in [5.74, 6) is -2.95. The molecule has 45 heavy (non-hydrogen) atoms. The van der Waals surface area contributed by atoms with E-state index < -0.39 is 64.8 Å². The topological polar surface area (TPSA) is 133 Å². The van der Waals surface area contributed by atoms with Crippen molar-refractivity contribution in [3.8, 4) is 0 Å². The first kappa shape index (κ1) is 31.5. The van der Waals surface area contributed by atoms with Gasteiger partial charge in [-0.3, -0.25) is 9.69 Å². The maximum absolute atomic E-state index is 13.7. The molecule has 14 atom stereocenters. The van der Waals surface area contributed by atoms with Crippen LogP contribution in [0.15, 0.2) is 30.3 Å². The first-order valence-corrected chi connectivity index (χ1v) is 16.2. The third-order valence-electron chi connectivity index (χ3n) is 13.0. The van der Waals surface area contributed by atoms with Crippen LogP contribution in [0.1, 0.15) is 43.5 Å². The van der Waals surface area contributed by atoms with Crippen LogP contribution in [0.2, 0.25) is 0 Å². The molecule has 0 aromatic heterocycles. The molecule has 0 amide bonds. The van der Waals surface area contributed by atoms with Gasteiger partial charge in [-0.25, -0.2) is 4.79 Å². The van der Waals surface area contributed by atoms with E-state index in [4.69, 9.17) is 28.4 Å². The number of aliphatic hydroxyl groups excluding tert-OH is 1. The molecule has 7 bridgehead atoms. The zero-order valence-electron chi connectivity index (χ0n) is 27.0. The van der Waals surface area contributed by atoms with E-state index in [0.717, 1.165) is 19.4 Å². The SMILES string of the molecule is CCN1C[C@]2(COC)CC[C@H](OC)C34C1C([C@H](OC)[C@@H]32)[C@@]1(OC(C)=O)[C@@H](O)[C@H](OC)[C@]2(O)C[C@@H]4[C@@H]1C2OC(=O)c1ccccc1. The molecule has 11 heteroatoms. The number of carbonyl (C=O) groups excluding carboxylic acids is 2. The molecule has 1 spiro atoms. The number of rotatable bonds is 9. The number of likely N-dealkylation sites (tertiary alicyclic amines) is 1. The second-order valence-electron chi connectivity index (χ2n) is 14.3. The first-order chi connectivity index (χ1) is 21.6. The fourth-order valence-corrected chi connectivity index (χ4v) is 12.4. The molecule has 1 aromatic rings. The van der Waals surface area contributed by atoms with Gasteiger partial charge in [0.05, 0.1) is 24.4 Å². The van der Waals surface area contributed by atoms with Gasteiger partial charge in [-0.2, -0.15) is 0 Å². The van der Waals surface area contributed by atoms with Crippen molar-refractivity contribution >= 4 is 11.9 Å². The fourth-order valence-electron chi connectivity index (χ4n) is 12.4. The number of fused-ring (bicyclic) bond motifs is 2. The summed E-state index contributed by atoms with van der Waals surface area (Å²) in [6.07, 6.45) is -2.64. The lowest BCUT2D eigenvalue weighted by Gasteiger charge is -2.69. The Morgan fingerprint density at radius 3 is 2.36 bits per heavy atom. The Morgan fingerprint density at radius 2 is 1.76 bits per heavy atom. The molecule has 1 heterocycles. The van der Waals surface area contributed by atoms with Crippen LogP contribution in [0.5, 0.6) is 0 Å². The maximum Gasteiger partial charge on any atom is 0.338 e. The van der Waals surface area contributed by atoms with Gasteiger partial charge in [0.25, 0.3) is 0 Å². The number of piperidine rings is 1. The van der Waals surface area contributed by atoms with Gasteiger partial charge in [-0.15, -0.1) is 0 Å². The van der Waals surface area contributed by atoms with E-state index in [1.165, 1.54) is 14.0 Å². The Hall–Kier alpha value is -2.12. The standard InChI is InChI=1S/C34H47NO10/c1-7-35-16-31(17-40-3)14-13-21(41-4)33-20-15-32(39)28(44-30(38)19-11-9-8-10-12-19)22(20)34(45-18(2)36,27(37)29(32)43-6)23(26(33)35)24(42-5)25(31)33/h8-12,20-29,37,39H,7,13-17H2,1-6H3/t20-,21+,22-,23?,24+,25-,26?,27+,28?,29+,31+,32+,33?,34-/m1/s1. The second kappa shape index (κ2) is 10.7. The van der Waals surface area contributed by atoms with Gasteiger partial charge in [0.2, 0.25) is 0 Å². The van der Waals surface area contributed by atoms with Crippen molar-refractivity contribution in [1.29, 1.82) is 0 Å². The summed E-state index contributed by atoms with van der Waals surface area (Å²) in [6, 6.07) is 8.42. The molecule has 4 unspecified atom stereocenters. The molecule has 5 saturated carbocycles. The van der Waals surface area contributed by atoms with E-state index in [2.05, 4.69) is 11.8 Å². The van der Waals surface area contributed by atoms with Crippen molar-refractivity contribution in [3.63, 3.8) is 0 Å². The summed E-state index contributed by atoms with van der Waals surface area (Å²) in [5, 5.41) is 25.3. The predicted molar refractivity (Wildman–Crippen MR) is 159 cm³/mol. The first-order valence-electron chi connectivity index (χ1n) is 16.2. The van der Waals surface area contributed by atoms with Crippen molar-refractivity contribution in [2.24, 2.45) is 34.5 Å². The molecular weight excluding hydrogens is 582 g/mol. The third kappa shape index (κ3) is 3.66. The Bertz CT molecular complexity index is 1330. The Balaban J connectivity index is 1.52. The normalized spacial score (nSPS) is 49.1. The smallest absolute Gasteiger partial charge is 0.338 e. The minimum Gasteiger partial charge on any atom is -0.455 e. The van der Waals surface area contributed by atoms with Crippen LogP contribution >= 0.6 is 0 Å². The van der Waals surface area contributed by atoms with Crippen LogP contribution in [-0.2, 0) is 33.2 Å². The van der Waals surface area contributed by atoms with Crippen LogP contribution in [0.3, 0.4) is 0 Å². The van der Waals surface area contributed by atoms with E-state index in [1.807, 2.05) is 6.07 Å². The molecule has 1 saturated heterocycles. The van der Waals surface area contributed by atoms with Crippen molar-refractivity contribution < 1.29 is 48.2 Å². The molecule has 6 fully saturated rings. The van der Waals surface area contributed by atoms with E-state index >= 15 is 0 Å². The molecule has 6 aliphatic rings. The summed E-state index contributed by atoms with van der Waals surface area (Å²) >= 11 is 0. The van der Waals surface area contributed by atoms with Crippen LogP contribution in [0.25, 0.3) is 0 Å². The quantitative estimate of drug-likeness (QED) is 0.387. The number of ether oxygens (including phenoxy) is 6. The lowest BCUT2D eigenvalue weighted by atomic mass is 9.43. The lowest BCUT2D eigenvalue weighted by molar-refractivity contribution is -0.317. The number of aliphatic hydroxyl groups is 2. The number of carbonyl (C=O) groups is 2. The molecule has 2 N–H and O–H groups in total. The Labute approximate surface area is 264 Å². The highest BCUT2D eigenvalue weighted by Crippen LogP contribution is 2.80. The predicted octanol–water partition coefficient (Wildman–Crippen LogP) is 1.68. The number of methoxy groups -OCH3 is 4. The van der Waals surface area contributed by atoms with Crippen molar-refractivity contribution in [1.82, 2.24) is 4.90 Å². The molecular formula is C34H47NO10. The molecule has 1 aliphatic heterocycles. The highest BCUT2D eigenvalue weighted by atomic mass is 16.6. The van der Waals surface area contributed by atoms with Gasteiger partial charge < -0.3 is 38.6 Å². The average Bonchev–Trinajstić information content (AvgIpc) is 3.40. The average molecular weight is 630 g/mol. The summed E-state index contributed by atoms with van der Waals surface area (Å²) < 4.78 is 37.7. The summed E-state index contributed by atoms with van der Waals surface area (Å²) in [4.78, 5) is 29.4. The van der Waals surface area contributed by atoms with Crippen molar-refractivity contribution in [3.05, 3.63) is 35.9 Å². The molecule has 11 nitrogen and oxygen atoms in total. The largest absolute Gasteiger partial charge is 0.455 e. The van der Waals surface area contributed by atoms with Gasteiger partial charge in [0.15, 0.2) is 5.60 Å². The van der Waals surface area contributed by atoms with Crippen molar-refractivity contribution in [2.45, 2.75) is 80.9 Å². The summed E-state index contributed by atoms with van der Waals surface area (Å²) in [7, 11) is 6.59. The number of benzene rings is 1. The Morgan fingerprint density at radius 1 is 1.02 bits per heavy atom. The lowest BCUT2D eigenvalue weighted by Crippen LogP contribution is -2.80. The second-order valence-corrected chi connectivity index (χ2v) is 14.3. The highest BCUT2D eigenvalue weighted by Gasteiger charge is 2.91.